The summed E-state index contributed by atoms with van der Waals surface area (Å²) in [4.78, 5) is 33.6. The van der Waals surface area contributed by atoms with Crippen LogP contribution in [0.3, 0.4) is 0 Å². The molecule has 1 aliphatic heterocycles. The monoisotopic (exact) mass is 603 g/mol. The molecule has 0 radical (unpaired) electrons. The first-order valence-corrected chi connectivity index (χ1v) is 14.6. The van der Waals surface area contributed by atoms with Crippen LogP contribution in [0.2, 0.25) is 0 Å². The highest BCUT2D eigenvalue weighted by Crippen LogP contribution is 2.31. The van der Waals surface area contributed by atoms with E-state index in [1.807, 2.05) is 6.07 Å². The first-order valence-electron chi connectivity index (χ1n) is 14.6. The Morgan fingerprint density at radius 1 is 1.09 bits per heavy atom. The fraction of sp³-hybridized carbons (Fsp3) is 0.406. The largest absolute Gasteiger partial charge is 0.483 e. The average Bonchev–Trinajstić information content (AvgIpc) is 3.01. The van der Waals surface area contributed by atoms with Gasteiger partial charge < -0.3 is 29.6 Å². The van der Waals surface area contributed by atoms with Crippen LogP contribution in [0.4, 0.5) is 15.8 Å². The molecule has 2 N–H and O–H groups in total. The van der Waals surface area contributed by atoms with Gasteiger partial charge in [0.25, 0.3) is 0 Å². The lowest BCUT2D eigenvalue weighted by Gasteiger charge is -2.29. The van der Waals surface area contributed by atoms with Crippen molar-refractivity contribution in [3.05, 3.63) is 71.4 Å². The average molecular weight is 604 g/mol. The van der Waals surface area contributed by atoms with E-state index in [2.05, 4.69) is 20.6 Å². The molecule has 230 valence electrons. The SMILES string of the molecule is COC(=O)c1ccc(NC(=O)CC2CCC(Oc3ccnc(COc4ccc(C#N)cc4F)n3)CC2)c(NC[C@@H]2CCO2)c1. The summed E-state index contributed by atoms with van der Waals surface area (Å²) in [6.45, 7) is 1.26. The predicted molar refractivity (Wildman–Crippen MR) is 158 cm³/mol. The van der Waals surface area contributed by atoms with Crippen LogP contribution in [-0.2, 0) is 20.9 Å². The number of nitriles is 1. The van der Waals surface area contributed by atoms with Gasteiger partial charge in [0, 0.05) is 31.8 Å². The van der Waals surface area contributed by atoms with E-state index in [0.717, 1.165) is 44.8 Å². The second-order valence-electron chi connectivity index (χ2n) is 10.8. The van der Waals surface area contributed by atoms with Crippen LogP contribution in [0.25, 0.3) is 0 Å². The fourth-order valence-corrected chi connectivity index (χ4v) is 5.15. The van der Waals surface area contributed by atoms with Crippen LogP contribution in [0.1, 0.15) is 60.3 Å². The minimum absolute atomic E-state index is 0.00948. The maximum Gasteiger partial charge on any atom is 0.337 e. The molecule has 1 atom stereocenters. The number of halogens is 1. The lowest BCUT2D eigenvalue weighted by molar-refractivity contribution is -0.117. The van der Waals surface area contributed by atoms with Gasteiger partial charge in [-0.1, -0.05) is 0 Å². The molecule has 12 heteroatoms. The van der Waals surface area contributed by atoms with Crippen molar-refractivity contribution in [3.63, 3.8) is 0 Å². The summed E-state index contributed by atoms with van der Waals surface area (Å²) in [5, 5.41) is 15.2. The van der Waals surface area contributed by atoms with Crippen LogP contribution in [-0.4, -0.2) is 54.3 Å². The third kappa shape index (κ3) is 8.20. The zero-order chi connectivity index (χ0) is 30.9. The highest BCUT2D eigenvalue weighted by molar-refractivity contribution is 5.97. The second kappa shape index (κ2) is 14.6. The summed E-state index contributed by atoms with van der Waals surface area (Å²) in [6, 6.07) is 12.6. The van der Waals surface area contributed by atoms with E-state index in [1.165, 1.54) is 19.2 Å². The van der Waals surface area contributed by atoms with Crippen LogP contribution in [0.15, 0.2) is 48.7 Å². The Morgan fingerprint density at radius 2 is 1.91 bits per heavy atom. The number of ether oxygens (including phenoxy) is 4. The molecule has 0 spiro atoms. The Kier molecular flexibility index (Phi) is 10.2. The fourth-order valence-electron chi connectivity index (χ4n) is 5.15. The van der Waals surface area contributed by atoms with Gasteiger partial charge in [-0.3, -0.25) is 4.79 Å². The molecule has 2 aliphatic rings. The maximum absolute atomic E-state index is 14.1. The molecular weight excluding hydrogens is 569 g/mol. The number of aromatic nitrogens is 2. The van der Waals surface area contributed by atoms with Gasteiger partial charge in [0.05, 0.1) is 41.8 Å². The molecule has 1 amide bonds. The zero-order valence-corrected chi connectivity index (χ0v) is 24.4. The number of hydrogen-bond donors (Lipinski definition) is 2. The third-order valence-corrected chi connectivity index (χ3v) is 7.68. The number of rotatable bonds is 12. The van der Waals surface area contributed by atoms with Gasteiger partial charge in [0.2, 0.25) is 11.8 Å². The molecule has 2 heterocycles. The molecule has 5 rings (SSSR count). The summed E-state index contributed by atoms with van der Waals surface area (Å²) in [6.07, 6.45) is 6.14. The van der Waals surface area contributed by atoms with Crippen LogP contribution < -0.4 is 20.1 Å². The molecule has 44 heavy (non-hydrogen) atoms. The second-order valence-corrected chi connectivity index (χ2v) is 10.8. The minimum Gasteiger partial charge on any atom is -0.483 e. The molecular formula is C32H34FN5O6. The van der Waals surface area contributed by atoms with Crippen molar-refractivity contribution in [3.8, 4) is 17.7 Å². The van der Waals surface area contributed by atoms with E-state index in [-0.39, 0.29) is 42.0 Å². The van der Waals surface area contributed by atoms with Gasteiger partial charge in [-0.2, -0.15) is 10.2 Å². The summed E-state index contributed by atoms with van der Waals surface area (Å²) >= 11 is 0. The summed E-state index contributed by atoms with van der Waals surface area (Å²) in [5.74, 6) is -0.212. The topological polar surface area (TPSA) is 145 Å². The van der Waals surface area contributed by atoms with Crippen LogP contribution >= 0.6 is 0 Å². The summed E-state index contributed by atoms with van der Waals surface area (Å²) < 4.78 is 36.0. The van der Waals surface area contributed by atoms with Gasteiger partial charge in [-0.05, 0) is 74.4 Å². The molecule has 2 aromatic carbocycles. The molecule has 2 fully saturated rings. The van der Waals surface area contributed by atoms with Crippen molar-refractivity contribution in [1.82, 2.24) is 9.97 Å². The Morgan fingerprint density at radius 3 is 2.61 bits per heavy atom. The van der Waals surface area contributed by atoms with E-state index in [9.17, 15) is 14.0 Å². The highest BCUT2D eigenvalue weighted by Gasteiger charge is 2.25. The lowest BCUT2D eigenvalue weighted by Crippen LogP contribution is -2.33. The number of hydrogen-bond acceptors (Lipinski definition) is 10. The lowest BCUT2D eigenvalue weighted by atomic mass is 9.85. The summed E-state index contributed by atoms with van der Waals surface area (Å²) in [7, 11) is 1.33. The number of anilines is 2. The Labute approximate surface area is 254 Å². The molecule has 1 saturated heterocycles. The number of carbonyl (C=O) groups excluding carboxylic acids is 2. The Bertz CT molecular complexity index is 1520. The van der Waals surface area contributed by atoms with Gasteiger partial charge >= 0.3 is 5.97 Å². The number of methoxy groups -OCH3 is 1. The van der Waals surface area contributed by atoms with Crippen molar-refractivity contribution < 1.29 is 32.9 Å². The third-order valence-electron chi connectivity index (χ3n) is 7.68. The van der Waals surface area contributed by atoms with Crippen molar-refractivity contribution in [2.75, 3.05) is 30.9 Å². The van der Waals surface area contributed by atoms with Gasteiger partial charge in [0.15, 0.2) is 17.4 Å². The first kappa shape index (κ1) is 30.7. The van der Waals surface area contributed by atoms with Crippen molar-refractivity contribution >= 4 is 23.3 Å². The molecule has 3 aromatic rings. The number of nitrogens with one attached hydrogen (secondary N) is 2. The normalized spacial score (nSPS) is 19.2. The van der Waals surface area contributed by atoms with Crippen LogP contribution in [0, 0.1) is 23.1 Å². The molecule has 1 aromatic heterocycles. The number of nitrogens with zero attached hydrogens (tertiary/aromatic N) is 3. The number of amides is 1. The number of esters is 1. The predicted octanol–water partition coefficient (Wildman–Crippen LogP) is 5.02. The van der Waals surface area contributed by atoms with Crippen molar-refractivity contribution in [2.24, 2.45) is 5.92 Å². The van der Waals surface area contributed by atoms with Crippen LogP contribution in [0.5, 0.6) is 11.6 Å². The Hall–Kier alpha value is -4.76. The maximum atomic E-state index is 14.1. The van der Waals surface area contributed by atoms with E-state index in [1.54, 1.807) is 30.5 Å². The van der Waals surface area contributed by atoms with Crippen molar-refractivity contribution in [1.29, 1.82) is 5.26 Å². The first-order chi connectivity index (χ1) is 21.4. The smallest absolute Gasteiger partial charge is 0.337 e. The quantitative estimate of drug-likeness (QED) is 0.271. The number of benzene rings is 2. The molecule has 1 saturated carbocycles. The minimum atomic E-state index is -0.630. The van der Waals surface area contributed by atoms with Gasteiger partial charge in [0.1, 0.15) is 12.7 Å². The molecule has 0 unspecified atom stereocenters. The molecule has 0 bridgehead atoms. The standard InChI is InChI=1S/C32H34FN5O6/c1-41-32(40)22-5-8-26(27(16-22)36-18-24-11-13-42-24)37-30(39)15-20-2-6-23(7-3-20)44-31-10-12-35-29(38-31)19-43-28-9-4-21(17-34)14-25(28)33/h4-5,8-10,12,14,16,20,23-24,36H,2-3,6-7,11,13,15,18-19H2,1H3,(H,37,39)/t20?,23?,24-/m0/s1. The molecule has 11 nitrogen and oxygen atoms in total. The van der Waals surface area contributed by atoms with Crippen molar-refractivity contribution in [2.45, 2.75) is 57.3 Å². The number of carbonyl (C=O) groups is 2. The molecule has 1 aliphatic carbocycles. The Balaban J connectivity index is 1.09. The van der Waals surface area contributed by atoms with E-state index >= 15 is 0 Å². The van der Waals surface area contributed by atoms with Gasteiger partial charge in [-0.15, -0.1) is 0 Å². The summed E-state index contributed by atoms with van der Waals surface area (Å²) in [5.41, 5.74) is 1.85. The van der Waals surface area contributed by atoms with E-state index in [0.29, 0.717) is 41.6 Å². The van der Waals surface area contributed by atoms with E-state index < -0.39 is 11.8 Å². The zero-order valence-electron chi connectivity index (χ0n) is 24.4. The van der Waals surface area contributed by atoms with Gasteiger partial charge in [-0.25, -0.2) is 14.2 Å². The highest BCUT2D eigenvalue weighted by atomic mass is 19.1. The van der Waals surface area contributed by atoms with E-state index in [4.69, 9.17) is 24.2 Å².